The van der Waals surface area contributed by atoms with Crippen molar-refractivity contribution in [3.8, 4) is 11.5 Å². The first-order valence-corrected chi connectivity index (χ1v) is 11.8. The van der Waals surface area contributed by atoms with Crippen LogP contribution >= 0.6 is 0 Å². The summed E-state index contributed by atoms with van der Waals surface area (Å²) >= 11 is 0. The lowest BCUT2D eigenvalue weighted by atomic mass is 10.1. The third-order valence-corrected chi connectivity index (χ3v) is 6.20. The fourth-order valence-electron chi connectivity index (χ4n) is 4.14. The van der Waals surface area contributed by atoms with Gasteiger partial charge in [0, 0.05) is 44.4 Å². The Morgan fingerprint density at radius 1 is 0.971 bits per heavy atom. The lowest BCUT2D eigenvalue weighted by molar-refractivity contribution is -0.127. The van der Waals surface area contributed by atoms with Crippen molar-refractivity contribution < 1.29 is 18.7 Å². The summed E-state index contributed by atoms with van der Waals surface area (Å²) in [6.07, 6.45) is 3.47. The SMILES string of the molecule is COc1ccc(/C=C/C(=O)N2CCN(Cc3ccc(F)cc3)CC2)cc1COc1ccccc1C. The number of para-hydroxylation sites is 1. The summed E-state index contributed by atoms with van der Waals surface area (Å²) in [6, 6.07) is 20.3. The van der Waals surface area contributed by atoms with Crippen LogP contribution in [0.3, 0.4) is 0 Å². The number of carbonyl (C=O) groups excluding carboxylic acids is 1. The summed E-state index contributed by atoms with van der Waals surface area (Å²) in [4.78, 5) is 16.9. The van der Waals surface area contributed by atoms with Gasteiger partial charge in [0.2, 0.25) is 5.91 Å². The maximum absolute atomic E-state index is 13.1. The minimum absolute atomic E-state index is 0.0000365. The molecular formula is C29H31FN2O3. The Morgan fingerprint density at radius 3 is 2.43 bits per heavy atom. The second-order valence-electron chi connectivity index (χ2n) is 8.69. The molecule has 0 saturated carbocycles. The molecule has 6 heteroatoms. The Morgan fingerprint density at radius 2 is 1.71 bits per heavy atom. The number of methoxy groups -OCH3 is 1. The van der Waals surface area contributed by atoms with E-state index in [4.69, 9.17) is 9.47 Å². The van der Waals surface area contributed by atoms with Crippen LogP contribution in [0.2, 0.25) is 0 Å². The minimum atomic E-state index is -0.223. The first-order chi connectivity index (χ1) is 17.0. The van der Waals surface area contributed by atoms with Gasteiger partial charge in [0.25, 0.3) is 0 Å². The third kappa shape index (κ3) is 6.70. The van der Waals surface area contributed by atoms with Crippen LogP contribution in [-0.2, 0) is 17.9 Å². The summed E-state index contributed by atoms with van der Waals surface area (Å²) < 4.78 is 24.6. The molecule has 0 radical (unpaired) electrons. The Bertz CT molecular complexity index is 1170. The molecule has 1 amide bonds. The molecule has 35 heavy (non-hydrogen) atoms. The van der Waals surface area contributed by atoms with Crippen LogP contribution in [0.25, 0.3) is 6.08 Å². The molecule has 1 heterocycles. The predicted molar refractivity (Wildman–Crippen MR) is 136 cm³/mol. The molecular weight excluding hydrogens is 443 g/mol. The molecule has 0 spiro atoms. The van der Waals surface area contributed by atoms with Crippen molar-refractivity contribution >= 4 is 12.0 Å². The van der Waals surface area contributed by atoms with Crippen molar-refractivity contribution in [2.75, 3.05) is 33.3 Å². The molecule has 3 aromatic rings. The molecule has 1 aliphatic rings. The second-order valence-corrected chi connectivity index (χ2v) is 8.69. The zero-order chi connectivity index (χ0) is 24.6. The Labute approximate surface area is 206 Å². The number of amides is 1. The quantitative estimate of drug-likeness (QED) is 0.427. The number of ether oxygens (including phenoxy) is 2. The fraction of sp³-hybridized carbons (Fsp3) is 0.276. The number of hydrogen-bond donors (Lipinski definition) is 0. The standard InChI is InChI=1S/C29H31FN2O3/c1-22-5-3-4-6-27(22)35-21-25-19-23(9-13-28(25)34-2)10-14-29(33)32-17-15-31(16-18-32)20-24-7-11-26(30)12-8-24/h3-14,19H,15-18,20-21H2,1-2H3/b14-10+. The lowest BCUT2D eigenvalue weighted by Crippen LogP contribution is -2.47. The zero-order valence-corrected chi connectivity index (χ0v) is 20.2. The summed E-state index contributed by atoms with van der Waals surface area (Å²) in [5.41, 5.74) is 3.98. The van der Waals surface area contributed by atoms with Crippen molar-refractivity contribution in [3.63, 3.8) is 0 Å². The van der Waals surface area contributed by atoms with Gasteiger partial charge in [0.05, 0.1) is 7.11 Å². The van der Waals surface area contributed by atoms with Crippen LogP contribution < -0.4 is 9.47 Å². The molecule has 3 aromatic carbocycles. The molecule has 1 saturated heterocycles. The second kappa shape index (κ2) is 11.7. The van der Waals surface area contributed by atoms with Crippen molar-refractivity contribution in [2.45, 2.75) is 20.1 Å². The minimum Gasteiger partial charge on any atom is -0.496 e. The number of carbonyl (C=O) groups is 1. The molecule has 1 aliphatic heterocycles. The average molecular weight is 475 g/mol. The highest BCUT2D eigenvalue weighted by Crippen LogP contribution is 2.24. The highest BCUT2D eigenvalue weighted by Gasteiger charge is 2.19. The maximum Gasteiger partial charge on any atom is 0.246 e. The van der Waals surface area contributed by atoms with Crippen molar-refractivity contribution in [1.82, 2.24) is 9.80 Å². The van der Waals surface area contributed by atoms with E-state index in [0.29, 0.717) is 19.7 Å². The van der Waals surface area contributed by atoms with E-state index in [1.807, 2.05) is 72.5 Å². The number of hydrogen-bond acceptors (Lipinski definition) is 4. The van der Waals surface area contributed by atoms with Gasteiger partial charge in [-0.25, -0.2) is 4.39 Å². The summed E-state index contributed by atoms with van der Waals surface area (Å²) in [7, 11) is 1.64. The smallest absolute Gasteiger partial charge is 0.246 e. The number of halogens is 1. The number of piperazine rings is 1. The van der Waals surface area contributed by atoms with E-state index in [9.17, 15) is 9.18 Å². The molecule has 0 bridgehead atoms. The van der Waals surface area contributed by atoms with Gasteiger partial charge >= 0.3 is 0 Å². The van der Waals surface area contributed by atoms with Crippen LogP contribution in [0.1, 0.15) is 22.3 Å². The summed E-state index contributed by atoms with van der Waals surface area (Å²) in [5.74, 6) is 1.36. The number of benzene rings is 3. The van der Waals surface area contributed by atoms with E-state index < -0.39 is 0 Å². The van der Waals surface area contributed by atoms with Crippen molar-refractivity contribution in [1.29, 1.82) is 0 Å². The van der Waals surface area contributed by atoms with Crippen LogP contribution in [0, 0.1) is 12.7 Å². The predicted octanol–water partition coefficient (Wildman–Crippen LogP) is 5.08. The molecule has 5 nitrogen and oxygen atoms in total. The molecule has 182 valence electrons. The molecule has 0 aliphatic carbocycles. The molecule has 0 atom stereocenters. The van der Waals surface area contributed by atoms with Crippen molar-refractivity contribution in [3.05, 3.63) is 101 Å². The van der Waals surface area contributed by atoms with Crippen molar-refractivity contribution in [2.24, 2.45) is 0 Å². The van der Waals surface area contributed by atoms with Crippen LogP contribution in [0.4, 0.5) is 4.39 Å². The molecule has 0 aromatic heterocycles. The largest absolute Gasteiger partial charge is 0.496 e. The van der Waals surface area contributed by atoms with Gasteiger partial charge in [-0.3, -0.25) is 9.69 Å². The van der Waals surface area contributed by atoms with Gasteiger partial charge < -0.3 is 14.4 Å². The van der Waals surface area contributed by atoms with Crippen LogP contribution in [0.15, 0.2) is 72.8 Å². The van der Waals surface area contributed by atoms with Gasteiger partial charge in [0.1, 0.15) is 23.9 Å². The van der Waals surface area contributed by atoms with Gasteiger partial charge in [-0.05, 0) is 60.0 Å². The summed E-state index contributed by atoms with van der Waals surface area (Å²) in [6.45, 7) is 6.07. The summed E-state index contributed by atoms with van der Waals surface area (Å²) in [5, 5.41) is 0. The highest BCUT2D eigenvalue weighted by atomic mass is 19.1. The zero-order valence-electron chi connectivity index (χ0n) is 20.2. The first kappa shape index (κ1) is 24.5. The van der Waals surface area contributed by atoms with Gasteiger partial charge in [-0.2, -0.15) is 0 Å². The van der Waals surface area contributed by atoms with Gasteiger partial charge in [0.15, 0.2) is 0 Å². The van der Waals surface area contributed by atoms with E-state index >= 15 is 0 Å². The number of aryl methyl sites for hydroxylation is 1. The average Bonchev–Trinajstić information content (AvgIpc) is 2.88. The van der Waals surface area contributed by atoms with E-state index in [1.165, 1.54) is 12.1 Å². The molecule has 0 N–H and O–H groups in total. The van der Waals surface area contributed by atoms with E-state index in [2.05, 4.69) is 4.90 Å². The first-order valence-electron chi connectivity index (χ1n) is 11.8. The Balaban J connectivity index is 1.32. The molecule has 0 unspecified atom stereocenters. The van der Waals surface area contributed by atoms with E-state index in [-0.39, 0.29) is 11.7 Å². The maximum atomic E-state index is 13.1. The van der Waals surface area contributed by atoms with E-state index in [1.54, 1.807) is 13.2 Å². The molecule has 1 fully saturated rings. The highest BCUT2D eigenvalue weighted by molar-refractivity contribution is 5.91. The third-order valence-electron chi connectivity index (χ3n) is 6.20. The Kier molecular flexibility index (Phi) is 8.16. The van der Waals surface area contributed by atoms with Gasteiger partial charge in [-0.1, -0.05) is 36.4 Å². The lowest BCUT2D eigenvalue weighted by Gasteiger charge is -2.34. The van der Waals surface area contributed by atoms with Gasteiger partial charge in [-0.15, -0.1) is 0 Å². The normalized spacial score (nSPS) is 14.3. The fourth-order valence-corrected chi connectivity index (χ4v) is 4.14. The van der Waals surface area contributed by atoms with Crippen LogP contribution in [0.5, 0.6) is 11.5 Å². The topological polar surface area (TPSA) is 42.0 Å². The molecule has 4 rings (SSSR count). The monoisotopic (exact) mass is 474 g/mol. The Hall–Kier alpha value is -3.64. The van der Waals surface area contributed by atoms with Crippen LogP contribution in [-0.4, -0.2) is 49.0 Å². The number of nitrogens with zero attached hydrogens (tertiary/aromatic N) is 2. The van der Waals surface area contributed by atoms with E-state index in [0.717, 1.165) is 53.4 Å². The number of rotatable bonds is 8.